The van der Waals surface area contributed by atoms with Gasteiger partial charge in [0.25, 0.3) is 11.5 Å². The van der Waals surface area contributed by atoms with Gasteiger partial charge < -0.3 is 9.64 Å². The molecule has 0 saturated carbocycles. The molecule has 1 amide bonds. The monoisotopic (exact) mass is 349 g/mol. The van der Waals surface area contributed by atoms with Crippen LogP contribution in [-0.4, -0.2) is 40.3 Å². The largest absolute Gasteiger partial charge is 0.370 e. The minimum absolute atomic E-state index is 0.160. The van der Waals surface area contributed by atoms with Crippen molar-refractivity contribution in [2.75, 3.05) is 19.7 Å². The Balaban J connectivity index is 1.69. The molecule has 132 valence electrons. The van der Waals surface area contributed by atoms with Crippen molar-refractivity contribution in [3.63, 3.8) is 0 Å². The fourth-order valence-corrected chi connectivity index (χ4v) is 3.31. The van der Waals surface area contributed by atoms with Crippen LogP contribution < -0.4 is 5.56 Å². The molecule has 1 aromatic heterocycles. The molecule has 2 aromatic carbocycles. The van der Waals surface area contributed by atoms with E-state index in [0.29, 0.717) is 36.2 Å². The van der Waals surface area contributed by atoms with Crippen LogP contribution in [0.3, 0.4) is 0 Å². The smallest absolute Gasteiger partial charge is 0.275 e. The Bertz CT molecular complexity index is 1010. The minimum atomic E-state index is -0.207. The predicted molar refractivity (Wildman–Crippen MR) is 98.0 cm³/mol. The molecule has 4 rings (SSSR count). The molecule has 0 aliphatic carbocycles. The minimum Gasteiger partial charge on any atom is -0.370 e. The molecule has 0 spiro atoms. The maximum atomic E-state index is 13.1. The van der Waals surface area contributed by atoms with Crippen molar-refractivity contribution in [1.82, 2.24) is 14.7 Å². The summed E-state index contributed by atoms with van der Waals surface area (Å²) in [6.45, 7) is 1.43. The quantitative estimate of drug-likeness (QED) is 0.711. The SMILES string of the molecule is Cn1nc(C(=O)N2CCO[C@H](c3ccccc3)C2)c2ccccc2c1=O. The molecule has 0 bridgehead atoms. The van der Waals surface area contributed by atoms with Crippen LogP contribution in [-0.2, 0) is 11.8 Å². The first-order valence-corrected chi connectivity index (χ1v) is 8.57. The molecule has 3 aromatic rings. The van der Waals surface area contributed by atoms with Crippen molar-refractivity contribution in [3.05, 3.63) is 76.2 Å². The van der Waals surface area contributed by atoms with Gasteiger partial charge in [-0.15, -0.1) is 0 Å². The van der Waals surface area contributed by atoms with Crippen molar-refractivity contribution in [2.24, 2.45) is 7.05 Å². The van der Waals surface area contributed by atoms with Crippen LogP contribution in [0.5, 0.6) is 0 Å². The Morgan fingerprint density at radius 2 is 1.77 bits per heavy atom. The number of hydrogen-bond acceptors (Lipinski definition) is 4. The highest BCUT2D eigenvalue weighted by molar-refractivity contribution is 6.04. The number of morpholine rings is 1. The van der Waals surface area contributed by atoms with Gasteiger partial charge in [-0.05, 0) is 11.6 Å². The molecule has 1 aliphatic heterocycles. The Hall–Kier alpha value is -2.99. The Kier molecular flexibility index (Phi) is 4.26. The highest BCUT2D eigenvalue weighted by Crippen LogP contribution is 2.24. The standard InChI is InChI=1S/C20H19N3O3/c1-22-19(24)16-10-6-5-9-15(16)18(21-22)20(25)23-11-12-26-17(13-23)14-7-3-2-4-8-14/h2-10,17H,11-13H2,1H3/t17-/m0/s1. The fraction of sp³-hybridized carbons (Fsp3) is 0.250. The molecule has 6 heteroatoms. The van der Waals surface area contributed by atoms with E-state index >= 15 is 0 Å². The summed E-state index contributed by atoms with van der Waals surface area (Å²) in [7, 11) is 1.57. The molecule has 1 saturated heterocycles. The van der Waals surface area contributed by atoms with Crippen molar-refractivity contribution in [3.8, 4) is 0 Å². The van der Waals surface area contributed by atoms with E-state index in [1.807, 2.05) is 36.4 Å². The number of carbonyl (C=O) groups is 1. The molecule has 1 atom stereocenters. The second-order valence-electron chi connectivity index (χ2n) is 6.34. The molecule has 1 fully saturated rings. The van der Waals surface area contributed by atoms with Crippen molar-refractivity contribution >= 4 is 16.7 Å². The van der Waals surface area contributed by atoms with E-state index in [9.17, 15) is 9.59 Å². The first-order valence-electron chi connectivity index (χ1n) is 8.57. The lowest BCUT2D eigenvalue weighted by Crippen LogP contribution is -2.43. The molecule has 0 N–H and O–H groups in total. The summed E-state index contributed by atoms with van der Waals surface area (Å²) < 4.78 is 7.07. The zero-order valence-corrected chi connectivity index (χ0v) is 14.5. The van der Waals surface area contributed by atoms with Crippen LogP contribution in [0.25, 0.3) is 10.8 Å². The van der Waals surface area contributed by atoms with Crippen LogP contribution in [0, 0.1) is 0 Å². The number of fused-ring (bicyclic) bond motifs is 1. The predicted octanol–water partition coefficient (Wildman–Crippen LogP) is 2.15. The first kappa shape index (κ1) is 16.5. The van der Waals surface area contributed by atoms with Crippen LogP contribution >= 0.6 is 0 Å². The average molecular weight is 349 g/mol. The topological polar surface area (TPSA) is 64.4 Å². The van der Waals surface area contributed by atoms with Gasteiger partial charge >= 0.3 is 0 Å². The molecule has 0 unspecified atom stereocenters. The molecule has 6 nitrogen and oxygen atoms in total. The van der Waals surface area contributed by atoms with Crippen LogP contribution in [0.15, 0.2) is 59.4 Å². The summed E-state index contributed by atoms with van der Waals surface area (Å²) in [6.07, 6.45) is -0.160. The van der Waals surface area contributed by atoms with Gasteiger partial charge in [-0.25, -0.2) is 4.68 Å². The zero-order valence-electron chi connectivity index (χ0n) is 14.5. The van der Waals surface area contributed by atoms with Gasteiger partial charge in [0.2, 0.25) is 0 Å². The number of rotatable bonds is 2. The van der Waals surface area contributed by atoms with Gasteiger partial charge in [-0.3, -0.25) is 9.59 Å². The van der Waals surface area contributed by atoms with E-state index in [1.165, 1.54) is 4.68 Å². The highest BCUT2D eigenvalue weighted by atomic mass is 16.5. The Morgan fingerprint density at radius 1 is 1.08 bits per heavy atom. The van der Waals surface area contributed by atoms with Crippen molar-refractivity contribution < 1.29 is 9.53 Å². The molecule has 1 aliphatic rings. The van der Waals surface area contributed by atoms with Crippen molar-refractivity contribution in [2.45, 2.75) is 6.10 Å². The third-order valence-corrected chi connectivity index (χ3v) is 4.68. The van der Waals surface area contributed by atoms with Gasteiger partial charge in [-0.1, -0.05) is 48.5 Å². The fourth-order valence-electron chi connectivity index (χ4n) is 3.31. The van der Waals surface area contributed by atoms with E-state index in [2.05, 4.69) is 5.10 Å². The number of carbonyl (C=O) groups excluding carboxylic acids is 1. The first-order chi connectivity index (χ1) is 12.6. The lowest BCUT2D eigenvalue weighted by atomic mass is 10.1. The molecule has 26 heavy (non-hydrogen) atoms. The molecular weight excluding hydrogens is 330 g/mol. The second-order valence-corrected chi connectivity index (χ2v) is 6.34. The van der Waals surface area contributed by atoms with E-state index < -0.39 is 0 Å². The molecular formula is C20H19N3O3. The van der Waals surface area contributed by atoms with Gasteiger partial charge in [0.05, 0.1) is 18.5 Å². The van der Waals surface area contributed by atoms with Gasteiger partial charge in [0.15, 0.2) is 5.69 Å². The zero-order chi connectivity index (χ0) is 18.1. The molecule has 2 heterocycles. The van der Waals surface area contributed by atoms with Crippen LogP contribution in [0.1, 0.15) is 22.2 Å². The summed E-state index contributed by atoms with van der Waals surface area (Å²) in [5.74, 6) is -0.180. The van der Waals surface area contributed by atoms with Crippen LogP contribution in [0.4, 0.5) is 0 Å². The Morgan fingerprint density at radius 3 is 2.54 bits per heavy atom. The van der Waals surface area contributed by atoms with E-state index in [-0.39, 0.29) is 17.6 Å². The van der Waals surface area contributed by atoms with Crippen molar-refractivity contribution in [1.29, 1.82) is 0 Å². The maximum Gasteiger partial charge on any atom is 0.275 e. The lowest BCUT2D eigenvalue weighted by Gasteiger charge is -2.33. The highest BCUT2D eigenvalue weighted by Gasteiger charge is 2.28. The van der Waals surface area contributed by atoms with E-state index in [4.69, 9.17) is 4.74 Å². The Labute approximate surface area is 150 Å². The van der Waals surface area contributed by atoms with E-state index in [0.717, 1.165) is 5.56 Å². The number of amides is 1. The molecule has 0 radical (unpaired) electrons. The summed E-state index contributed by atoms with van der Waals surface area (Å²) >= 11 is 0. The average Bonchev–Trinajstić information content (AvgIpc) is 2.71. The number of aromatic nitrogens is 2. The second kappa shape index (κ2) is 6.72. The maximum absolute atomic E-state index is 13.1. The van der Waals surface area contributed by atoms with E-state index in [1.54, 1.807) is 30.1 Å². The summed E-state index contributed by atoms with van der Waals surface area (Å²) in [6, 6.07) is 17.0. The lowest BCUT2D eigenvalue weighted by molar-refractivity contribution is -0.0230. The number of aryl methyl sites for hydroxylation is 1. The number of ether oxygens (including phenoxy) is 1. The summed E-state index contributed by atoms with van der Waals surface area (Å²) in [4.78, 5) is 27.2. The number of nitrogens with zero attached hydrogens (tertiary/aromatic N) is 3. The van der Waals surface area contributed by atoms with Gasteiger partial charge in [-0.2, -0.15) is 5.10 Å². The normalized spacial score (nSPS) is 17.4. The number of hydrogen-bond donors (Lipinski definition) is 0. The third kappa shape index (κ3) is 2.88. The summed E-state index contributed by atoms with van der Waals surface area (Å²) in [5.41, 5.74) is 1.14. The number of benzene rings is 2. The summed E-state index contributed by atoms with van der Waals surface area (Å²) in [5, 5.41) is 5.33. The van der Waals surface area contributed by atoms with Gasteiger partial charge in [0.1, 0.15) is 6.10 Å². The van der Waals surface area contributed by atoms with Crippen LogP contribution in [0.2, 0.25) is 0 Å². The third-order valence-electron chi connectivity index (χ3n) is 4.68. The van der Waals surface area contributed by atoms with Gasteiger partial charge in [0, 0.05) is 19.0 Å².